The SMILES string of the molecule is COc1cc(NC(=O)CC(C)C(=O)c2ccc(Cl)cc2)ccc1NC(C)=O. The van der Waals surface area contributed by atoms with Crippen LogP contribution >= 0.6 is 11.6 Å². The normalized spacial score (nSPS) is 11.4. The van der Waals surface area contributed by atoms with Gasteiger partial charge in [0.2, 0.25) is 11.8 Å². The number of ketones is 1. The molecule has 0 aliphatic carbocycles. The molecule has 0 aliphatic heterocycles. The van der Waals surface area contributed by atoms with Crippen LogP contribution in [0.5, 0.6) is 5.75 Å². The molecule has 27 heavy (non-hydrogen) atoms. The van der Waals surface area contributed by atoms with E-state index < -0.39 is 5.92 Å². The number of halogens is 1. The van der Waals surface area contributed by atoms with Crippen LogP contribution in [-0.2, 0) is 9.59 Å². The fourth-order valence-corrected chi connectivity index (χ4v) is 2.67. The van der Waals surface area contributed by atoms with E-state index in [1.165, 1.54) is 14.0 Å². The zero-order valence-electron chi connectivity index (χ0n) is 15.3. The fourth-order valence-electron chi connectivity index (χ4n) is 2.54. The Morgan fingerprint density at radius 1 is 1.07 bits per heavy atom. The van der Waals surface area contributed by atoms with Crippen molar-refractivity contribution in [3.05, 3.63) is 53.1 Å². The number of carbonyl (C=O) groups excluding carboxylic acids is 3. The van der Waals surface area contributed by atoms with Crippen LogP contribution in [0.15, 0.2) is 42.5 Å². The number of ether oxygens (including phenoxy) is 1. The molecule has 6 nitrogen and oxygen atoms in total. The molecule has 0 aliphatic rings. The first kappa shape index (κ1) is 20.5. The third-order valence-corrected chi connectivity index (χ3v) is 4.12. The Hall–Kier alpha value is -2.86. The van der Waals surface area contributed by atoms with E-state index in [0.29, 0.717) is 27.7 Å². The highest BCUT2D eigenvalue weighted by molar-refractivity contribution is 6.30. The van der Waals surface area contributed by atoms with Gasteiger partial charge < -0.3 is 15.4 Å². The van der Waals surface area contributed by atoms with Gasteiger partial charge in [-0.25, -0.2) is 0 Å². The summed E-state index contributed by atoms with van der Waals surface area (Å²) in [6.07, 6.45) is 0.0389. The van der Waals surface area contributed by atoms with Crippen molar-refractivity contribution in [2.45, 2.75) is 20.3 Å². The van der Waals surface area contributed by atoms with Crippen LogP contribution in [0.3, 0.4) is 0 Å². The molecule has 0 spiro atoms. The van der Waals surface area contributed by atoms with Crippen LogP contribution in [0.2, 0.25) is 5.02 Å². The van der Waals surface area contributed by atoms with Gasteiger partial charge in [-0.05, 0) is 36.4 Å². The molecular formula is C20H21ClN2O4. The molecule has 2 rings (SSSR count). The maximum Gasteiger partial charge on any atom is 0.225 e. The minimum Gasteiger partial charge on any atom is -0.494 e. The molecule has 1 atom stereocenters. The summed E-state index contributed by atoms with van der Waals surface area (Å²) in [7, 11) is 1.47. The highest BCUT2D eigenvalue weighted by Crippen LogP contribution is 2.28. The Balaban J connectivity index is 2.01. The summed E-state index contributed by atoms with van der Waals surface area (Å²) in [5.41, 5.74) is 1.53. The lowest BCUT2D eigenvalue weighted by atomic mass is 9.96. The zero-order valence-corrected chi connectivity index (χ0v) is 16.1. The van der Waals surface area contributed by atoms with E-state index in [0.717, 1.165) is 0 Å². The summed E-state index contributed by atoms with van der Waals surface area (Å²) in [5.74, 6) is -0.695. The summed E-state index contributed by atoms with van der Waals surface area (Å²) in [4.78, 5) is 35.9. The largest absolute Gasteiger partial charge is 0.494 e. The molecule has 2 aromatic carbocycles. The van der Waals surface area contributed by atoms with Crippen LogP contribution < -0.4 is 15.4 Å². The average Bonchev–Trinajstić information content (AvgIpc) is 2.62. The van der Waals surface area contributed by atoms with Crippen molar-refractivity contribution in [2.75, 3.05) is 17.7 Å². The Morgan fingerprint density at radius 2 is 1.74 bits per heavy atom. The number of anilines is 2. The lowest BCUT2D eigenvalue weighted by Crippen LogP contribution is -2.20. The monoisotopic (exact) mass is 388 g/mol. The van der Waals surface area contributed by atoms with E-state index in [1.807, 2.05) is 0 Å². The van der Waals surface area contributed by atoms with Gasteiger partial charge in [0.1, 0.15) is 5.75 Å². The number of methoxy groups -OCH3 is 1. The quantitative estimate of drug-likeness (QED) is 0.697. The summed E-state index contributed by atoms with van der Waals surface area (Å²) in [6.45, 7) is 3.10. The van der Waals surface area contributed by atoms with Gasteiger partial charge in [-0.15, -0.1) is 0 Å². The molecule has 142 valence electrons. The highest BCUT2D eigenvalue weighted by atomic mass is 35.5. The number of amides is 2. The summed E-state index contributed by atoms with van der Waals surface area (Å²) in [5, 5.41) is 5.93. The number of hydrogen-bond acceptors (Lipinski definition) is 4. The van der Waals surface area contributed by atoms with Gasteiger partial charge in [-0.2, -0.15) is 0 Å². The minimum atomic E-state index is -0.480. The predicted molar refractivity (Wildman–Crippen MR) is 105 cm³/mol. The number of nitrogens with one attached hydrogen (secondary N) is 2. The van der Waals surface area contributed by atoms with Gasteiger partial charge in [0.25, 0.3) is 0 Å². The number of carbonyl (C=O) groups is 3. The van der Waals surface area contributed by atoms with Crippen molar-refractivity contribution in [2.24, 2.45) is 5.92 Å². The number of hydrogen-bond donors (Lipinski definition) is 2. The van der Waals surface area contributed by atoms with Crippen molar-refractivity contribution in [3.63, 3.8) is 0 Å². The third-order valence-electron chi connectivity index (χ3n) is 3.86. The molecule has 2 amide bonds. The van der Waals surface area contributed by atoms with E-state index in [-0.39, 0.29) is 24.0 Å². The number of rotatable bonds is 7. The Labute approximate surface area is 162 Å². The number of Topliss-reactive ketones (excluding diaryl/α,β-unsaturated/α-hetero) is 1. The van der Waals surface area contributed by atoms with Gasteiger partial charge in [0, 0.05) is 41.6 Å². The first-order chi connectivity index (χ1) is 12.8. The average molecular weight is 389 g/mol. The molecule has 0 saturated heterocycles. The summed E-state index contributed by atoms with van der Waals surface area (Å²) < 4.78 is 5.22. The van der Waals surface area contributed by atoms with Gasteiger partial charge in [-0.3, -0.25) is 14.4 Å². The van der Waals surface area contributed by atoms with Crippen molar-refractivity contribution in [1.82, 2.24) is 0 Å². The first-order valence-corrected chi connectivity index (χ1v) is 8.73. The lowest BCUT2D eigenvalue weighted by molar-refractivity contribution is -0.117. The molecule has 1 unspecified atom stereocenters. The van der Waals surface area contributed by atoms with E-state index in [2.05, 4.69) is 10.6 Å². The van der Waals surface area contributed by atoms with Crippen molar-refractivity contribution in [1.29, 1.82) is 0 Å². The van der Waals surface area contributed by atoms with Crippen molar-refractivity contribution < 1.29 is 19.1 Å². The van der Waals surface area contributed by atoms with Crippen LogP contribution in [0, 0.1) is 5.92 Å². The predicted octanol–water partition coefficient (Wildman–Crippen LogP) is 4.15. The molecule has 7 heteroatoms. The van der Waals surface area contributed by atoms with E-state index in [9.17, 15) is 14.4 Å². The molecule has 2 N–H and O–H groups in total. The van der Waals surface area contributed by atoms with Gasteiger partial charge >= 0.3 is 0 Å². The van der Waals surface area contributed by atoms with Crippen molar-refractivity contribution >= 4 is 40.6 Å². The van der Waals surface area contributed by atoms with E-state index in [4.69, 9.17) is 16.3 Å². The van der Waals surface area contributed by atoms with Gasteiger partial charge in [0.15, 0.2) is 5.78 Å². The Kier molecular flexibility index (Phi) is 6.96. The zero-order chi connectivity index (χ0) is 20.0. The smallest absolute Gasteiger partial charge is 0.225 e. The maximum absolute atomic E-state index is 12.4. The van der Waals surface area contributed by atoms with Gasteiger partial charge in [0.05, 0.1) is 12.8 Å². The highest BCUT2D eigenvalue weighted by Gasteiger charge is 2.19. The topological polar surface area (TPSA) is 84.5 Å². The minimum absolute atomic E-state index is 0.0389. The van der Waals surface area contributed by atoms with Crippen LogP contribution in [0.25, 0.3) is 0 Å². The molecular weight excluding hydrogens is 368 g/mol. The van der Waals surface area contributed by atoms with Crippen molar-refractivity contribution in [3.8, 4) is 5.75 Å². The Morgan fingerprint density at radius 3 is 2.33 bits per heavy atom. The second kappa shape index (κ2) is 9.19. The fraction of sp³-hybridized carbons (Fsp3) is 0.250. The first-order valence-electron chi connectivity index (χ1n) is 8.35. The second-order valence-corrected chi connectivity index (χ2v) is 6.56. The molecule has 2 aromatic rings. The van der Waals surface area contributed by atoms with Crippen LogP contribution in [-0.4, -0.2) is 24.7 Å². The van der Waals surface area contributed by atoms with E-state index >= 15 is 0 Å². The maximum atomic E-state index is 12.4. The summed E-state index contributed by atoms with van der Waals surface area (Å²) in [6, 6.07) is 11.5. The lowest BCUT2D eigenvalue weighted by Gasteiger charge is -2.13. The molecule has 0 aromatic heterocycles. The Bertz CT molecular complexity index is 850. The molecule has 0 saturated carbocycles. The van der Waals surface area contributed by atoms with Crippen LogP contribution in [0.4, 0.5) is 11.4 Å². The molecule has 0 fully saturated rings. The van der Waals surface area contributed by atoms with E-state index in [1.54, 1.807) is 49.4 Å². The molecule has 0 radical (unpaired) electrons. The molecule has 0 heterocycles. The molecule has 0 bridgehead atoms. The van der Waals surface area contributed by atoms with Gasteiger partial charge in [-0.1, -0.05) is 18.5 Å². The standard InChI is InChI=1S/C20H21ClN2O4/c1-12(20(26)14-4-6-15(21)7-5-14)10-19(25)23-16-8-9-17(22-13(2)24)18(11-16)27-3/h4-9,11-12H,10H2,1-3H3,(H,22,24)(H,23,25). The number of benzene rings is 2. The van der Waals surface area contributed by atoms with Crippen LogP contribution in [0.1, 0.15) is 30.6 Å². The summed E-state index contributed by atoms with van der Waals surface area (Å²) >= 11 is 5.83. The second-order valence-electron chi connectivity index (χ2n) is 6.12. The third kappa shape index (κ3) is 5.82.